The van der Waals surface area contributed by atoms with Gasteiger partial charge in [-0.2, -0.15) is 0 Å². The molecule has 60 valence electrons. The minimum atomic E-state index is -0.170. The van der Waals surface area contributed by atoms with Gasteiger partial charge in [-0.25, -0.2) is 4.39 Å². The number of nitrogens with zero attached hydrogens (tertiary/aromatic N) is 1. The van der Waals surface area contributed by atoms with Crippen LogP contribution in [0, 0.1) is 0 Å². The van der Waals surface area contributed by atoms with Gasteiger partial charge in [0.25, 0.3) is 0 Å². The maximum atomic E-state index is 12.3. The van der Waals surface area contributed by atoms with Crippen LogP contribution >= 0.6 is 0 Å². The zero-order valence-electron chi connectivity index (χ0n) is 6.65. The average molecular weight is 145 g/mol. The van der Waals surface area contributed by atoms with Crippen molar-refractivity contribution < 1.29 is 4.39 Å². The zero-order valence-corrected chi connectivity index (χ0v) is 6.65. The molecule has 0 N–H and O–H groups in total. The molecule has 10 heavy (non-hydrogen) atoms. The third-order valence-electron chi connectivity index (χ3n) is 2.35. The van der Waals surface area contributed by atoms with E-state index in [1.807, 2.05) is 7.05 Å². The average Bonchev–Trinajstić information content (AvgIpc) is 2.13. The molecule has 0 radical (unpaired) electrons. The molecular formula is C8H16FN. The molecule has 0 aromatic rings. The summed E-state index contributed by atoms with van der Waals surface area (Å²) in [6.07, 6.45) is 4.78. The molecule has 0 bridgehead atoms. The molecule has 2 heteroatoms. The van der Waals surface area contributed by atoms with Crippen molar-refractivity contribution in [2.24, 2.45) is 0 Å². The number of likely N-dealkylation sites (tertiary alicyclic amines) is 1. The van der Waals surface area contributed by atoms with Crippen LogP contribution in [-0.4, -0.2) is 31.2 Å². The van der Waals surface area contributed by atoms with Crippen molar-refractivity contribution in [2.75, 3.05) is 20.3 Å². The van der Waals surface area contributed by atoms with Crippen LogP contribution in [0.1, 0.15) is 25.7 Å². The molecule has 1 nitrogen and oxygen atoms in total. The van der Waals surface area contributed by atoms with Crippen LogP contribution in [0.2, 0.25) is 0 Å². The zero-order chi connectivity index (χ0) is 7.40. The van der Waals surface area contributed by atoms with E-state index in [0.29, 0.717) is 0 Å². The number of halogens is 1. The molecule has 1 atom stereocenters. The van der Waals surface area contributed by atoms with Crippen molar-refractivity contribution in [3.05, 3.63) is 0 Å². The van der Waals surface area contributed by atoms with Gasteiger partial charge in [0.1, 0.15) is 6.67 Å². The molecule has 1 aliphatic rings. The second-order valence-electron chi connectivity index (χ2n) is 3.14. The van der Waals surface area contributed by atoms with Crippen LogP contribution in [-0.2, 0) is 0 Å². The van der Waals surface area contributed by atoms with Gasteiger partial charge in [0.15, 0.2) is 0 Å². The van der Waals surface area contributed by atoms with Gasteiger partial charge >= 0.3 is 0 Å². The standard InChI is InChI=1S/C8H16FN/c1-10-6-4-2-3-5-8(10)7-9/h8H,2-7H2,1H3. The summed E-state index contributed by atoms with van der Waals surface area (Å²) in [4.78, 5) is 2.15. The molecule has 1 fully saturated rings. The fraction of sp³-hybridized carbons (Fsp3) is 1.00. The summed E-state index contributed by atoms with van der Waals surface area (Å²) in [5.74, 6) is 0. The van der Waals surface area contributed by atoms with E-state index in [0.717, 1.165) is 13.0 Å². The maximum absolute atomic E-state index is 12.3. The first-order valence-corrected chi connectivity index (χ1v) is 4.11. The van der Waals surface area contributed by atoms with Gasteiger partial charge in [-0.05, 0) is 26.4 Å². The Balaban J connectivity index is 2.35. The van der Waals surface area contributed by atoms with E-state index in [9.17, 15) is 4.39 Å². The molecular weight excluding hydrogens is 129 g/mol. The predicted molar refractivity (Wildman–Crippen MR) is 40.9 cm³/mol. The summed E-state index contributed by atoms with van der Waals surface area (Å²) in [5, 5.41) is 0. The SMILES string of the molecule is CN1CCCCCC1CF. The Labute approximate surface area is 62.2 Å². The van der Waals surface area contributed by atoms with Crippen LogP contribution in [0.15, 0.2) is 0 Å². The molecule has 1 saturated heterocycles. The minimum Gasteiger partial charge on any atom is -0.301 e. The molecule has 0 saturated carbocycles. The topological polar surface area (TPSA) is 3.24 Å². The Hall–Kier alpha value is -0.110. The van der Waals surface area contributed by atoms with Gasteiger partial charge in [-0.15, -0.1) is 0 Å². The van der Waals surface area contributed by atoms with Gasteiger partial charge in [0.2, 0.25) is 0 Å². The Kier molecular flexibility index (Phi) is 3.13. The highest BCUT2D eigenvalue weighted by atomic mass is 19.1. The highest BCUT2D eigenvalue weighted by Gasteiger charge is 2.16. The Bertz CT molecular complexity index is 95.3. The van der Waals surface area contributed by atoms with Gasteiger partial charge < -0.3 is 4.90 Å². The summed E-state index contributed by atoms with van der Waals surface area (Å²) in [6, 6.07) is 0.211. The highest BCUT2D eigenvalue weighted by Crippen LogP contribution is 2.14. The second kappa shape index (κ2) is 3.91. The lowest BCUT2D eigenvalue weighted by molar-refractivity contribution is 0.204. The van der Waals surface area contributed by atoms with Gasteiger partial charge in [0, 0.05) is 6.04 Å². The number of hydrogen-bond donors (Lipinski definition) is 0. The van der Waals surface area contributed by atoms with Crippen molar-refractivity contribution in [1.29, 1.82) is 0 Å². The lowest BCUT2D eigenvalue weighted by atomic mass is 10.1. The van der Waals surface area contributed by atoms with Gasteiger partial charge in [0.05, 0.1) is 0 Å². The molecule has 1 unspecified atom stereocenters. The normalized spacial score (nSPS) is 30.0. The summed E-state index contributed by atoms with van der Waals surface area (Å²) >= 11 is 0. The number of hydrogen-bond acceptors (Lipinski definition) is 1. The monoisotopic (exact) mass is 145 g/mol. The third-order valence-corrected chi connectivity index (χ3v) is 2.35. The highest BCUT2D eigenvalue weighted by molar-refractivity contribution is 4.71. The van der Waals surface area contributed by atoms with E-state index >= 15 is 0 Å². The first kappa shape index (κ1) is 7.99. The van der Waals surface area contributed by atoms with Crippen LogP contribution < -0.4 is 0 Å². The smallest absolute Gasteiger partial charge is 0.105 e. The Morgan fingerprint density at radius 2 is 2.20 bits per heavy atom. The molecule has 1 heterocycles. The Morgan fingerprint density at radius 3 is 2.90 bits per heavy atom. The molecule has 0 aromatic heterocycles. The summed E-state index contributed by atoms with van der Waals surface area (Å²) in [7, 11) is 2.02. The molecule has 1 aliphatic heterocycles. The lowest BCUT2D eigenvalue weighted by Gasteiger charge is -2.22. The lowest BCUT2D eigenvalue weighted by Crippen LogP contribution is -2.32. The molecule has 0 aliphatic carbocycles. The third kappa shape index (κ3) is 1.94. The second-order valence-corrected chi connectivity index (χ2v) is 3.14. The van der Waals surface area contributed by atoms with Crippen LogP contribution in [0.3, 0.4) is 0 Å². The Morgan fingerprint density at radius 1 is 1.40 bits per heavy atom. The first-order chi connectivity index (χ1) is 4.84. The van der Waals surface area contributed by atoms with Crippen molar-refractivity contribution in [2.45, 2.75) is 31.7 Å². The number of alkyl halides is 1. The summed E-state index contributed by atoms with van der Waals surface area (Å²) in [6.45, 7) is 0.908. The maximum Gasteiger partial charge on any atom is 0.105 e. The van der Waals surface area contributed by atoms with Crippen molar-refractivity contribution >= 4 is 0 Å². The van der Waals surface area contributed by atoms with Crippen LogP contribution in [0.25, 0.3) is 0 Å². The van der Waals surface area contributed by atoms with Gasteiger partial charge in [-0.1, -0.05) is 12.8 Å². The first-order valence-electron chi connectivity index (χ1n) is 4.11. The van der Waals surface area contributed by atoms with E-state index < -0.39 is 0 Å². The van der Waals surface area contributed by atoms with E-state index in [1.165, 1.54) is 19.3 Å². The quantitative estimate of drug-likeness (QED) is 0.544. The van der Waals surface area contributed by atoms with E-state index in [1.54, 1.807) is 0 Å². The fourth-order valence-electron chi connectivity index (χ4n) is 1.52. The summed E-state index contributed by atoms with van der Waals surface area (Å²) < 4.78 is 12.3. The molecule has 0 spiro atoms. The molecule has 0 aromatic carbocycles. The van der Waals surface area contributed by atoms with E-state index in [2.05, 4.69) is 4.90 Å². The molecule has 0 amide bonds. The van der Waals surface area contributed by atoms with Crippen LogP contribution in [0.5, 0.6) is 0 Å². The fourth-order valence-corrected chi connectivity index (χ4v) is 1.52. The van der Waals surface area contributed by atoms with E-state index in [4.69, 9.17) is 0 Å². The summed E-state index contributed by atoms with van der Waals surface area (Å²) in [5.41, 5.74) is 0. The minimum absolute atomic E-state index is 0.170. The van der Waals surface area contributed by atoms with Crippen molar-refractivity contribution in [3.63, 3.8) is 0 Å². The van der Waals surface area contributed by atoms with Gasteiger partial charge in [-0.3, -0.25) is 0 Å². The molecule has 1 rings (SSSR count). The predicted octanol–water partition coefficient (Wildman–Crippen LogP) is 1.83. The van der Waals surface area contributed by atoms with Crippen molar-refractivity contribution in [1.82, 2.24) is 4.90 Å². The van der Waals surface area contributed by atoms with E-state index in [-0.39, 0.29) is 12.7 Å². The van der Waals surface area contributed by atoms with Crippen molar-refractivity contribution in [3.8, 4) is 0 Å². The largest absolute Gasteiger partial charge is 0.301 e. The number of rotatable bonds is 1. The van der Waals surface area contributed by atoms with Crippen LogP contribution in [0.4, 0.5) is 4.39 Å².